The Hall–Kier alpha value is -3.30. The summed E-state index contributed by atoms with van der Waals surface area (Å²) in [6.07, 6.45) is 1.77. The van der Waals surface area contributed by atoms with Gasteiger partial charge < -0.3 is 4.90 Å². The van der Waals surface area contributed by atoms with Crippen LogP contribution in [0, 0.1) is 6.92 Å². The molecule has 0 bridgehead atoms. The van der Waals surface area contributed by atoms with E-state index < -0.39 is 0 Å². The number of nitrogens with zero attached hydrogens (tertiary/aromatic N) is 7. The van der Waals surface area contributed by atoms with Crippen LogP contribution in [-0.2, 0) is 6.54 Å². The molecule has 1 aromatic carbocycles. The number of rotatable bonds is 3. The van der Waals surface area contributed by atoms with Gasteiger partial charge >= 0.3 is 0 Å². The molecule has 0 radical (unpaired) electrons. The molecule has 1 saturated heterocycles. The van der Waals surface area contributed by atoms with Gasteiger partial charge in [-0.25, -0.2) is 14.5 Å². The van der Waals surface area contributed by atoms with E-state index in [2.05, 4.69) is 38.1 Å². The summed E-state index contributed by atoms with van der Waals surface area (Å²) in [5.74, 6) is 1.01. The number of hydrogen-bond acceptors (Lipinski definition) is 7. The zero-order valence-corrected chi connectivity index (χ0v) is 17.9. The molecule has 1 fully saturated rings. The van der Waals surface area contributed by atoms with E-state index >= 15 is 0 Å². The first-order valence-electron chi connectivity index (χ1n) is 10.3. The largest absolute Gasteiger partial charge is 0.353 e. The fraction of sp³-hybridized carbons (Fsp3) is 0.273. The number of fused-ring (bicyclic) bond motifs is 4. The third-order valence-electron chi connectivity index (χ3n) is 5.82. The van der Waals surface area contributed by atoms with Crippen LogP contribution >= 0.6 is 11.3 Å². The van der Waals surface area contributed by atoms with E-state index in [1.807, 2.05) is 29.0 Å². The van der Waals surface area contributed by atoms with Crippen molar-refractivity contribution in [2.45, 2.75) is 13.5 Å². The van der Waals surface area contributed by atoms with Gasteiger partial charge in [-0.3, -0.25) is 14.1 Å². The molecule has 9 heteroatoms. The third-order valence-corrected chi connectivity index (χ3v) is 6.58. The van der Waals surface area contributed by atoms with Gasteiger partial charge in [0, 0.05) is 61.8 Å². The second-order valence-corrected chi connectivity index (χ2v) is 8.79. The van der Waals surface area contributed by atoms with Gasteiger partial charge in [0.2, 0.25) is 0 Å². The zero-order valence-electron chi connectivity index (χ0n) is 17.1. The molecular formula is C22H21N7OS. The molecule has 4 aromatic heterocycles. The van der Waals surface area contributed by atoms with Gasteiger partial charge in [0.25, 0.3) is 5.56 Å². The molecule has 31 heavy (non-hydrogen) atoms. The lowest BCUT2D eigenvalue weighted by atomic mass is 10.2. The van der Waals surface area contributed by atoms with Crippen molar-refractivity contribution in [1.82, 2.24) is 28.9 Å². The molecule has 6 rings (SSSR count). The van der Waals surface area contributed by atoms with Crippen molar-refractivity contribution < 1.29 is 0 Å². The predicted molar refractivity (Wildman–Crippen MR) is 122 cm³/mol. The number of aromatic nitrogens is 5. The first-order chi connectivity index (χ1) is 15.2. The number of piperazine rings is 1. The predicted octanol–water partition coefficient (Wildman–Crippen LogP) is 2.58. The van der Waals surface area contributed by atoms with E-state index in [0.29, 0.717) is 6.54 Å². The number of para-hydroxylation sites is 1. The average molecular weight is 432 g/mol. The lowest BCUT2D eigenvalue weighted by Gasteiger charge is -2.35. The minimum atomic E-state index is -0.0139. The molecule has 5 heterocycles. The van der Waals surface area contributed by atoms with Gasteiger partial charge in [0.1, 0.15) is 5.82 Å². The van der Waals surface area contributed by atoms with Gasteiger partial charge in [-0.15, -0.1) is 11.3 Å². The SMILES string of the molecule is Cc1cc2nc(N3CCN(Cc4cc(=O)n5ccsc5n4)CC3)c3ccccc3n2n1. The minimum Gasteiger partial charge on any atom is -0.353 e. The van der Waals surface area contributed by atoms with E-state index in [4.69, 9.17) is 4.98 Å². The fourth-order valence-corrected chi connectivity index (χ4v) is 5.05. The summed E-state index contributed by atoms with van der Waals surface area (Å²) in [4.78, 5) is 27.3. The summed E-state index contributed by atoms with van der Waals surface area (Å²) >= 11 is 1.49. The summed E-state index contributed by atoms with van der Waals surface area (Å²) in [6, 6.07) is 12.0. The summed E-state index contributed by atoms with van der Waals surface area (Å²) in [5.41, 5.74) is 3.74. The number of anilines is 1. The molecule has 1 aliphatic heterocycles. The van der Waals surface area contributed by atoms with E-state index in [1.165, 1.54) is 11.3 Å². The van der Waals surface area contributed by atoms with Crippen molar-refractivity contribution in [3.63, 3.8) is 0 Å². The lowest BCUT2D eigenvalue weighted by Crippen LogP contribution is -2.46. The van der Waals surface area contributed by atoms with Crippen LogP contribution < -0.4 is 10.5 Å². The smallest absolute Gasteiger partial charge is 0.258 e. The Balaban J connectivity index is 1.26. The van der Waals surface area contributed by atoms with Gasteiger partial charge in [-0.1, -0.05) is 12.1 Å². The van der Waals surface area contributed by atoms with Crippen LogP contribution in [0.25, 0.3) is 21.5 Å². The Morgan fingerprint density at radius 2 is 1.90 bits per heavy atom. The molecule has 0 atom stereocenters. The minimum absolute atomic E-state index is 0.0139. The van der Waals surface area contributed by atoms with Crippen molar-refractivity contribution in [2.24, 2.45) is 0 Å². The number of aryl methyl sites for hydroxylation is 1. The maximum absolute atomic E-state index is 12.3. The van der Waals surface area contributed by atoms with Crippen LogP contribution in [0.4, 0.5) is 5.82 Å². The van der Waals surface area contributed by atoms with Crippen molar-refractivity contribution in [3.05, 3.63) is 69.7 Å². The Labute approximate surface area is 182 Å². The highest BCUT2D eigenvalue weighted by Crippen LogP contribution is 2.27. The second kappa shape index (κ2) is 7.14. The summed E-state index contributed by atoms with van der Waals surface area (Å²) < 4.78 is 3.52. The Kier molecular flexibility index (Phi) is 4.25. The van der Waals surface area contributed by atoms with Crippen LogP contribution in [0.3, 0.4) is 0 Å². The highest BCUT2D eigenvalue weighted by molar-refractivity contribution is 7.15. The zero-order chi connectivity index (χ0) is 20.9. The molecule has 1 aliphatic rings. The van der Waals surface area contributed by atoms with Crippen molar-refractivity contribution in [3.8, 4) is 0 Å². The highest BCUT2D eigenvalue weighted by Gasteiger charge is 2.22. The van der Waals surface area contributed by atoms with Crippen molar-refractivity contribution >= 4 is 38.7 Å². The van der Waals surface area contributed by atoms with Crippen molar-refractivity contribution in [1.29, 1.82) is 0 Å². The summed E-state index contributed by atoms with van der Waals surface area (Å²) in [7, 11) is 0. The lowest BCUT2D eigenvalue weighted by molar-refractivity contribution is 0.247. The molecule has 0 N–H and O–H groups in total. The first-order valence-corrected chi connectivity index (χ1v) is 11.2. The van der Waals surface area contributed by atoms with Gasteiger partial charge in [0.15, 0.2) is 10.6 Å². The van der Waals surface area contributed by atoms with E-state index in [-0.39, 0.29) is 5.56 Å². The maximum atomic E-state index is 12.3. The fourth-order valence-electron chi connectivity index (χ4n) is 4.32. The standard InChI is InChI=1S/C22H21N7OS/c1-15-12-19-24-21(17-4-2-3-5-18(17)29(19)25-15)27-8-6-26(7-9-27)14-16-13-20(30)28-10-11-31-22(28)23-16/h2-5,10-13H,6-9,14H2,1H3. The summed E-state index contributed by atoms with van der Waals surface area (Å²) in [5, 5.41) is 7.61. The van der Waals surface area contributed by atoms with Crippen LogP contribution in [-0.4, -0.2) is 55.1 Å². The van der Waals surface area contributed by atoms with Crippen LogP contribution in [0.15, 0.2) is 52.8 Å². The summed E-state index contributed by atoms with van der Waals surface area (Å²) in [6.45, 7) is 6.22. The number of hydrogen-bond donors (Lipinski definition) is 0. The van der Waals surface area contributed by atoms with Gasteiger partial charge in [-0.05, 0) is 19.1 Å². The molecule has 5 aromatic rings. The molecule has 0 amide bonds. The van der Waals surface area contributed by atoms with Crippen molar-refractivity contribution in [2.75, 3.05) is 31.1 Å². The maximum Gasteiger partial charge on any atom is 0.258 e. The monoisotopic (exact) mass is 431 g/mol. The number of thiazole rings is 1. The van der Waals surface area contributed by atoms with Gasteiger partial charge in [-0.2, -0.15) is 5.10 Å². The van der Waals surface area contributed by atoms with Crippen LogP contribution in [0.5, 0.6) is 0 Å². The molecule has 0 aliphatic carbocycles. The first kappa shape index (κ1) is 18.5. The third kappa shape index (κ3) is 3.17. The Bertz CT molecular complexity index is 1480. The quantitative estimate of drug-likeness (QED) is 0.437. The number of benzene rings is 1. The molecule has 0 saturated carbocycles. The Morgan fingerprint density at radius 3 is 2.77 bits per heavy atom. The van der Waals surface area contributed by atoms with E-state index in [0.717, 1.165) is 64.9 Å². The van der Waals surface area contributed by atoms with E-state index in [9.17, 15) is 4.79 Å². The second-order valence-electron chi connectivity index (χ2n) is 7.91. The normalized spacial score (nSPS) is 15.5. The molecule has 0 unspecified atom stereocenters. The van der Waals surface area contributed by atoms with Crippen LogP contribution in [0.1, 0.15) is 11.4 Å². The molecular weight excluding hydrogens is 410 g/mol. The van der Waals surface area contributed by atoms with E-state index in [1.54, 1.807) is 16.7 Å². The molecule has 8 nitrogen and oxygen atoms in total. The topological polar surface area (TPSA) is 71.0 Å². The molecule has 156 valence electrons. The average Bonchev–Trinajstić information content (AvgIpc) is 3.40. The highest BCUT2D eigenvalue weighted by atomic mass is 32.1. The Morgan fingerprint density at radius 1 is 1.06 bits per heavy atom. The van der Waals surface area contributed by atoms with Gasteiger partial charge in [0.05, 0.1) is 16.9 Å². The van der Waals surface area contributed by atoms with Crippen LogP contribution in [0.2, 0.25) is 0 Å². The molecule has 0 spiro atoms.